The minimum absolute atomic E-state index is 0. The third-order valence-corrected chi connectivity index (χ3v) is 0.532. The number of carbonyl (C=O) groups excluding carboxylic acids is 1. The zero-order chi connectivity index (χ0) is 8.36. The summed E-state index contributed by atoms with van der Waals surface area (Å²) in [5.74, 6) is 18.7. The van der Waals surface area contributed by atoms with Gasteiger partial charge in [-0.05, 0) is 29.6 Å². The van der Waals surface area contributed by atoms with Crippen molar-refractivity contribution in [3.63, 3.8) is 0 Å². The van der Waals surface area contributed by atoms with E-state index in [1.54, 1.807) is 0 Å². The van der Waals surface area contributed by atoms with Crippen LogP contribution in [0.5, 0.6) is 0 Å². The van der Waals surface area contributed by atoms with E-state index in [1.165, 1.54) is 0 Å². The fraction of sp³-hybridized carbons (Fsp3) is 0.0909. The molecule has 0 aromatic rings. The third-order valence-electron chi connectivity index (χ3n) is 0.532. The molecule has 0 aromatic carbocycles. The van der Waals surface area contributed by atoms with E-state index in [1.807, 2.05) is 0 Å². The van der Waals surface area contributed by atoms with Gasteiger partial charge in [-0.3, -0.25) is 10.7 Å². The molecule has 0 rings (SSSR count). The van der Waals surface area contributed by atoms with Gasteiger partial charge in [0.15, 0.2) is 6.29 Å². The van der Waals surface area contributed by atoms with E-state index in [4.69, 9.17) is 0 Å². The van der Waals surface area contributed by atoms with Gasteiger partial charge in [-0.25, -0.2) is 5.92 Å². The molecule has 0 N–H and O–H groups in total. The summed E-state index contributed by atoms with van der Waals surface area (Å²) in [6, 6.07) is 0. The summed E-state index contributed by atoms with van der Waals surface area (Å²) in [6.07, 6.45) is 0.470. The average molecular weight is 155 g/mol. The Morgan fingerprint density at radius 1 is 0.917 bits per heavy atom. The van der Waals surface area contributed by atoms with Crippen molar-refractivity contribution < 1.29 is 4.79 Å². The molecule has 0 bridgehead atoms. The van der Waals surface area contributed by atoms with Crippen molar-refractivity contribution in [1.82, 2.24) is 0 Å². The maximum absolute atomic E-state index is 9.63. The van der Waals surface area contributed by atoms with Crippen molar-refractivity contribution >= 4 is 6.29 Å². The normalized spacial score (nSPS) is 3.67. The van der Waals surface area contributed by atoms with E-state index in [2.05, 4.69) is 54.3 Å². The lowest BCUT2D eigenvalue weighted by Crippen LogP contribution is -1.57. The van der Waals surface area contributed by atoms with Gasteiger partial charge in [0.1, 0.15) is 0 Å². The molecule has 0 saturated carbocycles. The minimum atomic E-state index is 0. The van der Waals surface area contributed by atoms with Gasteiger partial charge in [-0.2, -0.15) is 6.92 Å². The van der Waals surface area contributed by atoms with E-state index in [0.717, 1.165) is 0 Å². The molecule has 0 saturated heterocycles. The number of aldehydes is 1. The van der Waals surface area contributed by atoms with Gasteiger partial charge in [0.05, 0.1) is 0 Å². The van der Waals surface area contributed by atoms with Crippen LogP contribution in [0.15, 0.2) is 0 Å². The van der Waals surface area contributed by atoms with Crippen molar-refractivity contribution in [3.05, 3.63) is 6.92 Å². The molecule has 1 nitrogen and oxygen atoms in total. The molecule has 0 radical (unpaired) electrons. The Hall–Kier alpha value is -2.22. The lowest BCUT2D eigenvalue weighted by molar-refractivity contribution is -0.103. The predicted molar refractivity (Wildman–Crippen MR) is 49.3 cm³/mol. The minimum Gasteiger partial charge on any atom is -0.289 e. The van der Waals surface area contributed by atoms with Crippen molar-refractivity contribution in [2.45, 2.75) is 7.43 Å². The Morgan fingerprint density at radius 3 is 1.92 bits per heavy atom. The highest BCUT2D eigenvalue weighted by atomic mass is 16.1. The summed E-state index contributed by atoms with van der Waals surface area (Å²) in [7, 11) is 0. The number of rotatable bonds is 0. The maximum Gasteiger partial charge on any atom is 0.193 e. The zero-order valence-corrected chi connectivity index (χ0v) is 5.69. The van der Waals surface area contributed by atoms with E-state index in [9.17, 15) is 4.79 Å². The van der Waals surface area contributed by atoms with Crippen LogP contribution in [0.4, 0.5) is 0 Å². The highest BCUT2D eigenvalue weighted by Crippen LogP contribution is 1.53. The lowest BCUT2D eigenvalue weighted by atomic mass is 10.5. The molecule has 12 heavy (non-hydrogen) atoms. The summed E-state index contributed by atoms with van der Waals surface area (Å²) in [4.78, 5) is 9.63. The van der Waals surface area contributed by atoms with E-state index >= 15 is 0 Å². The Balaban J connectivity index is 0. The number of carbonyl (C=O) groups is 1. The molecule has 0 fully saturated rings. The van der Waals surface area contributed by atoms with E-state index in [0.29, 0.717) is 6.29 Å². The predicted octanol–water partition coefficient (Wildman–Crippen LogP) is 0.669. The van der Waals surface area contributed by atoms with Crippen molar-refractivity contribution in [1.29, 1.82) is 0 Å². The summed E-state index contributed by atoms with van der Waals surface area (Å²) in [5.41, 5.74) is 0. The molecule has 58 valence electrons. The molecule has 0 aliphatic rings. The monoisotopic (exact) mass is 155 g/mol. The summed E-state index contributed by atoms with van der Waals surface area (Å²) in [5, 5.41) is 0. The molecule has 0 aliphatic heterocycles. The Morgan fingerprint density at radius 2 is 1.42 bits per heavy atom. The molecule has 0 amide bonds. The van der Waals surface area contributed by atoms with Crippen LogP contribution >= 0.6 is 0 Å². The second-order valence-electron chi connectivity index (χ2n) is 1.19. The molecule has 0 unspecified atom stereocenters. The number of hydrogen-bond donors (Lipinski definition) is 0. The van der Waals surface area contributed by atoms with Crippen LogP contribution in [0, 0.1) is 54.3 Å². The van der Waals surface area contributed by atoms with Crippen LogP contribution in [-0.2, 0) is 4.79 Å². The number of hydrogen-bond acceptors (Lipinski definition) is 1. The fourth-order valence-corrected chi connectivity index (χ4v) is 0.235. The largest absolute Gasteiger partial charge is 0.289 e. The van der Waals surface area contributed by atoms with Gasteiger partial charge in [0.2, 0.25) is 0 Å². The lowest BCUT2D eigenvalue weighted by Gasteiger charge is -1.64. The molecule has 0 spiro atoms. The van der Waals surface area contributed by atoms with Gasteiger partial charge in [0.25, 0.3) is 0 Å². The molecular weight excluding hydrogens is 148 g/mol. The molecular formula is C11H7O-. The van der Waals surface area contributed by atoms with E-state index < -0.39 is 0 Å². The summed E-state index contributed by atoms with van der Waals surface area (Å²) < 4.78 is 0. The van der Waals surface area contributed by atoms with Crippen LogP contribution in [0.1, 0.15) is 7.43 Å². The van der Waals surface area contributed by atoms with E-state index in [-0.39, 0.29) is 7.43 Å². The fourth-order valence-electron chi connectivity index (χ4n) is 0.235. The van der Waals surface area contributed by atoms with Crippen LogP contribution < -0.4 is 0 Å². The summed E-state index contributed by atoms with van der Waals surface area (Å²) >= 11 is 0. The van der Waals surface area contributed by atoms with Crippen molar-refractivity contribution in [3.8, 4) is 47.4 Å². The van der Waals surface area contributed by atoms with Gasteiger partial charge < -0.3 is 0 Å². The van der Waals surface area contributed by atoms with Crippen LogP contribution in [0.3, 0.4) is 0 Å². The Labute approximate surface area is 73.6 Å². The maximum atomic E-state index is 9.63. The molecule has 0 aliphatic carbocycles. The second kappa shape index (κ2) is 11.6. The van der Waals surface area contributed by atoms with Crippen molar-refractivity contribution in [2.24, 2.45) is 0 Å². The third kappa shape index (κ3) is 10.7. The first-order chi connectivity index (χ1) is 5.41. The van der Waals surface area contributed by atoms with Crippen LogP contribution in [0.2, 0.25) is 0 Å². The first kappa shape index (κ1) is 12.5. The smallest absolute Gasteiger partial charge is 0.193 e. The molecule has 0 atom stereocenters. The van der Waals surface area contributed by atoms with Gasteiger partial charge >= 0.3 is 0 Å². The van der Waals surface area contributed by atoms with Crippen LogP contribution in [-0.4, -0.2) is 6.29 Å². The van der Waals surface area contributed by atoms with Crippen molar-refractivity contribution in [2.75, 3.05) is 0 Å². The topological polar surface area (TPSA) is 17.1 Å². The highest BCUT2D eigenvalue weighted by molar-refractivity contribution is 5.73. The summed E-state index contributed by atoms with van der Waals surface area (Å²) in [6.45, 7) is 3.25. The molecule has 0 aromatic heterocycles. The Bertz CT molecular complexity index is 358. The van der Waals surface area contributed by atoms with Gasteiger partial charge in [-0.15, -0.1) is 5.92 Å². The standard InChI is InChI=1S/C10H3O.CH4/c1-2-3-4-5-6-7-8-9-10-11;/h10H,1H2;1H4/q-1;. The van der Waals surface area contributed by atoms with Gasteiger partial charge in [0, 0.05) is 0 Å². The van der Waals surface area contributed by atoms with Gasteiger partial charge in [-0.1, -0.05) is 7.43 Å². The molecule has 0 heterocycles. The first-order valence-electron chi connectivity index (χ1n) is 2.63. The zero-order valence-electron chi connectivity index (χ0n) is 5.69. The Kier molecular flexibility index (Phi) is 12.0. The first-order valence-corrected chi connectivity index (χ1v) is 2.63. The average Bonchev–Trinajstić information content (AvgIpc) is 2.03. The molecule has 1 heteroatoms. The second-order valence-corrected chi connectivity index (χ2v) is 1.19. The van der Waals surface area contributed by atoms with Crippen LogP contribution in [0.25, 0.3) is 0 Å². The quantitative estimate of drug-likeness (QED) is 0.285. The highest BCUT2D eigenvalue weighted by Gasteiger charge is 1.53. The SMILES string of the molecule is C.[CH2-]C#CC#CC#CC#CC=O.